The van der Waals surface area contributed by atoms with Crippen molar-refractivity contribution in [2.24, 2.45) is 0 Å². The van der Waals surface area contributed by atoms with Gasteiger partial charge in [-0.1, -0.05) is 333 Å². The highest BCUT2D eigenvalue weighted by Crippen LogP contribution is 2.33. The summed E-state index contributed by atoms with van der Waals surface area (Å²) in [7, 11) is 0. The molecule has 0 spiro atoms. The Morgan fingerprint density at radius 2 is 0.647 bits per heavy atom. The standard InChI is InChI=1S/C83H155NO18/c1-3-5-7-9-11-13-15-17-19-21-23-24-25-26-27-28-29-30-31-32-33-34-35-36-37-38-39-40-41-42-43-45-47-49-51-53-55-57-59-61-71(89)84-66(67(88)60-58-56-54-52-50-48-46-44-22-20-18-16-14-12-10-8-6-4-2)65-97-81-77(95)74(92)79(69(63-86)99-81)102-83-78(96)75(93)80(70(64-87)100-83)101-82-76(94)73(91)72(90)68(62-85)98-82/h15,17,21,23,25-26,66-70,72-83,85-88,90-96H,3-14,16,18-20,22,24,27-65H2,1-2H3,(H,84,89)/b17-15-,23-21-,26-25-. The number of hydrogen-bond acceptors (Lipinski definition) is 18. The number of unbranched alkanes of at least 4 members (excludes halogenated alkanes) is 46. The zero-order chi connectivity index (χ0) is 73.9. The molecule has 12 N–H and O–H groups in total. The molecule has 0 bridgehead atoms. The van der Waals surface area contributed by atoms with Crippen LogP contribution in [0.3, 0.4) is 0 Å². The maximum absolute atomic E-state index is 13.5. The summed E-state index contributed by atoms with van der Waals surface area (Å²) in [4.78, 5) is 13.5. The van der Waals surface area contributed by atoms with Crippen molar-refractivity contribution in [1.82, 2.24) is 5.32 Å². The molecule has 3 aliphatic heterocycles. The summed E-state index contributed by atoms with van der Waals surface area (Å²) in [6, 6.07) is -0.886. The van der Waals surface area contributed by atoms with Gasteiger partial charge in [0.15, 0.2) is 18.9 Å². The van der Waals surface area contributed by atoms with Gasteiger partial charge in [-0.05, 0) is 51.4 Å². The van der Waals surface area contributed by atoms with Gasteiger partial charge in [0, 0.05) is 6.42 Å². The van der Waals surface area contributed by atoms with E-state index >= 15 is 0 Å². The number of ether oxygens (including phenoxy) is 6. The third-order valence-electron chi connectivity index (χ3n) is 21.2. The van der Waals surface area contributed by atoms with Crippen LogP contribution in [0.4, 0.5) is 0 Å². The molecule has 0 radical (unpaired) electrons. The van der Waals surface area contributed by atoms with Crippen LogP contribution in [0.2, 0.25) is 0 Å². The Balaban J connectivity index is 1.29. The number of hydrogen-bond donors (Lipinski definition) is 12. The van der Waals surface area contributed by atoms with Crippen LogP contribution in [0.25, 0.3) is 0 Å². The number of aliphatic hydroxyl groups excluding tert-OH is 11. The monoisotopic (exact) mass is 1450 g/mol. The number of nitrogens with one attached hydrogen (secondary N) is 1. The van der Waals surface area contributed by atoms with Gasteiger partial charge < -0.3 is 89.9 Å². The van der Waals surface area contributed by atoms with Crippen LogP contribution in [-0.2, 0) is 33.2 Å². The average molecular weight is 1460 g/mol. The van der Waals surface area contributed by atoms with E-state index in [2.05, 4.69) is 55.6 Å². The number of carbonyl (C=O) groups is 1. The topological polar surface area (TPSA) is 307 Å². The first-order valence-electron chi connectivity index (χ1n) is 42.2. The Hall–Kier alpha value is -1.99. The summed E-state index contributed by atoms with van der Waals surface area (Å²) in [5.74, 6) is -0.235. The Labute approximate surface area is 619 Å². The van der Waals surface area contributed by atoms with Gasteiger partial charge >= 0.3 is 0 Å². The van der Waals surface area contributed by atoms with Gasteiger partial charge in [-0.3, -0.25) is 4.79 Å². The summed E-state index contributed by atoms with van der Waals surface area (Å²) in [6.45, 7) is 1.84. The zero-order valence-corrected chi connectivity index (χ0v) is 64.4. The summed E-state index contributed by atoms with van der Waals surface area (Å²) in [5, 5.41) is 121. The van der Waals surface area contributed by atoms with Crippen molar-refractivity contribution in [3.8, 4) is 0 Å². The van der Waals surface area contributed by atoms with Crippen molar-refractivity contribution in [3.05, 3.63) is 36.5 Å². The van der Waals surface area contributed by atoms with E-state index in [0.29, 0.717) is 12.8 Å². The average Bonchev–Trinajstić information content (AvgIpc) is 0.781. The minimum atomic E-state index is -1.97. The summed E-state index contributed by atoms with van der Waals surface area (Å²) < 4.78 is 34.5. The van der Waals surface area contributed by atoms with E-state index in [9.17, 15) is 61.0 Å². The molecule has 3 fully saturated rings. The Morgan fingerprint density at radius 3 is 1.01 bits per heavy atom. The van der Waals surface area contributed by atoms with E-state index in [1.165, 1.54) is 263 Å². The van der Waals surface area contributed by atoms with Gasteiger partial charge in [-0.25, -0.2) is 0 Å². The van der Waals surface area contributed by atoms with Crippen LogP contribution in [0.15, 0.2) is 36.5 Å². The van der Waals surface area contributed by atoms with E-state index in [4.69, 9.17) is 28.4 Å². The first-order chi connectivity index (χ1) is 49.8. The predicted molar refractivity (Wildman–Crippen MR) is 406 cm³/mol. The molecule has 17 atom stereocenters. The molecular weight excluding hydrogens is 1300 g/mol. The van der Waals surface area contributed by atoms with Crippen molar-refractivity contribution in [2.45, 2.75) is 458 Å². The quantitative estimate of drug-likeness (QED) is 0.0199. The molecule has 0 aromatic heterocycles. The molecule has 600 valence electrons. The fraction of sp³-hybridized carbons (Fsp3) is 0.916. The molecule has 0 aromatic rings. The lowest BCUT2D eigenvalue weighted by molar-refractivity contribution is -0.379. The molecule has 0 aromatic carbocycles. The minimum Gasteiger partial charge on any atom is -0.394 e. The second-order valence-electron chi connectivity index (χ2n) is 30.3. The Morgan fingerprint density at radius 1 is 0.353 bits per heavy atom. The van der Waals surface area contributed by atoms with Crippen LogP contribution in [0.5, 0.6) is 0 Å². The van der Waals surface area contributed by atoms with Gasteiger partial charge in [0.2, 0.25) is 5.91 Å². The Kier molecular flexibility index (Phi) is 59.0. The van der Waals surface area contributed by atoms with Crippen LogP contribution in [0.1, 0.15) is 354 Å². The molecule has 3 heterocycles. The molecule has 19 nitrogen and oxygen atoms in total. The third-order valence-corrected chi connectivity index (χ3v) is 21.2. The second kappa shape index (κ2) is 63.9. The number of aliphatic hydroxyl groups is 11. The molecular formula is C83H155NO18. The van der Waals surface area contributed by atoms with E-state index < -0.39 is 124 Å². The van der Waals surface area contributed by atoms with Crippen molar-refractivity contribution in [2.75, 3.05) is 26.4 Å². The molecule has 17 unspecified atom stereocenters. The van der Waals surface area contributed by atoms with Crippen molar-refractivity contribution in [1.29, 1.82) is 0 Å². The number of allylic oxidation sites excluding steroid dienone is 6. The van der Waals surface area contributed by atoms with E-state index in [0.717, 1.165) is 57.8 Å². The number of amides is 1. The third kappa shape index (κ3) is 43.3. The van der Waals surface area contributed by atoms with Gasteiger partial charge in [0.1, 0.15) is 73.2 Å². The van der Waals surface area contributed by atoms with Crippen molar-refractivity contribution in [3.63, 3.8) is 0 Å². The van der Waals surface area contributed by atoms with Gasteiger partial charge in [0.25, 0.3) is 0 Å². The molecule has 3 rings (SSSR count). The van der Waals surface area contributed by atoms with E-state index in [1.807, 2.05) is 0 Å². The summed E-state index contributed by atoms with van der Waals surface area (Å²) >= 11 is 0. The molecule has 102 heavy (non-hydrogen) atoms. The van der Waals surface area contributed by atoms with Gasteiger partial charge in [-0.15, -0.1) is 0 Å². The van der Waals surface area contributed by atoms with Crippen LogP contribution in [-0.4, -0.2) is 193 Å². The lowest BCUT2D eigenvalue weighted by Crippen LogP contribution is -2.66. The van der Waals surface area contributed by atoms with Crippen molar-refractivity contribution < 1.29 is 89.4 Å². The molecule has 19 heteroatoms. The molecule has 0 saturated carbocycles. The number of carbonyl (C=O) groups excluding carboxylic acids is 1. The van der Waals surface area contributed by atoms with Crippen molar-refractivity contribution >= 4 is 5.91 Å². The maximum Gasteiger partial charge on any atom is 0.220 e. The van der Waals surface area contributed by atoms with E-state index in [1.54, 1.807) is 0 Å². The first-order valence-corrected chi connectivity index (χ1v) is 42.2. The highest BCUT2D eigenvalue weighted by atomic mass is 16.8. The fourth-order valence-corrected chi connectivity index (χ4v) is 14.4. The lowest BCUT2D eigenvalue weighted by Gasteiger charge is -2.48. The minimum absolute atomic E-state index is 0.235. The van der Waals surface area contributed by atoms with E-state index in [-0.39, 0.29) is 18.9 Å². The Bertz CT molecular complexity index is 1980. The van der Waals surface area contributed by atoms with Gasteiger partial charge in [-0.2, -0.15) is 0 Å². The second-order valence-corrected chi connectivity index (χ2v) is 30.3. The summed E-state index contributed by atoms with van der Waals surface area (Å²) in [5.41, 5.74) is 0. The highest BCUT2D eigenvalue weighted by molar-refractivity contribution is 5.76. The molecule has 0 aliphatic carbocycles. The molecule has 1 amide bonds. The predicted octanol–water partition coefficient (Wildman–Crippen LogP) is 14.7. The van der Waals surface area contributed by atoms with Crippen LogP contribution in [0, 0.1) is 0 Å². The maximum atomic E-state index is 13.5. The smallest absolute Gasteiger partial charge is 0.220 e. The first kappa shape index (κ1) is 94.2. The normalized spacial score (nSPS) is 26.3. The SMILES string of the molecule is CCCCCCC/C=C\C/C=C\C/C=C\CCCCCCCCCCCCCCCCCCCCCCCCCCC(=O)NC(COC1OC(CO)C(OC2OC(CO)C(OC3OC(CO)C(O)C(O)C3O)C(O)C2O)C(O)C1O)C(O)CCCCCCCCCCCCCCCCCCCC. The number of rotatable bonds is 68. The lowest BCUT2D eigenvalue weighted by atomic mass is 9.96. The van der Waals surface area contributed by atoms with Gasteiger partial charge in [0.05, 0.1) is 38.6 Å². The van der Waals surface area contributed by atoms with Crippen LogP contribution < -0.4 is 5.32 Å². The fourth-order valence-electron chi connectivity index (χ4n) is 14.4. The molecule has 3 saturated heterocycles. The largest absolute Gasteiger partial charge is 0.394 e. The summed E-state index contributed by atoms with van der Waals surface area (Å²) in [6.07, 6.45) is 52.5. The van der Waals surface area contributed by atoms with Crippen LogP contribution >= 0.6 is 0 Å². The highest BCUT2D eigenvalue weighted by Gasteiger charge is 2.54. The zero-order valence-electron chi connectivity index (χ0n) is 64.4. The molecule has 3 aliphatic rings.